The SMILES string of the molecule is CCC12C=CCN3CC[C@@]4(c5ccc(OC)cc5N(C)[C@H]4[C@@](O)(COC(=O)C(C)(C)C)[C@@H]1OC(C)=O)C32. The number of nitrogens with zero attached hydrogens (tertiary/aromatic N) is 2. The number of rotatable bonds is 5. The van der Waals surface area contributed by atoms with Crippen LogP contribution < -0.4 is 9.64 Å². The van der Waals surface area contributed by atoms with Gasteiger partial charge in [-0.25, -0.2) is 0 Å². The predicted molar refractivity (Wildman–Crippen MR) is 140 cm³/mol. The summed E-state index contributed by atoms with van der Waals surface area (Å²) in [6.45, 7) is 10.2. The fraction of sp³-hybridized carbons (Fsp3) is 0.655. The van der Waals surface area contributed by atoms with Gasteiger partial charge in [-0.05, 0) is 51.8 Å². The minimum atomic E-state index is -1.67. The first-order valence-electron chi connectivity index (χ1n) is 13.3. The van der Waals surface area contributed by atoms with Gasteiger partial charge in [-0.1, -0.05) is 25.1 Å². The van der Waals surface area contributed by atoms with Crippen LogP contribution >= 0.6 is 0 Å². The van der Waals surface area contributed by atoms with Crippen LogP contribution in [0.15, 0.2) is 30.4 Å². The van der Waals surface area contributed by atoms with Crippen LogP contribution in [0.3, 0.4) is 0 Å². The first-order chi connectivity index (χ1) is 17.4. The Morgan fingerprint density at radius 2 is 1.95 bits per heavy atom. The van der Waals surface area contributed by atoms with Crippen molar-refractivity contribution in [3.05, 3.63) is 35.9 Å². The number of ether oxygens (including phenoxy) is 3. The van der Waals surface area contributed by atoms with Gasteiger partial charge in [-0.3, -0.25) is 14.5 Å². The number of carbonyl (C=O) groups excluding carboxylic acids is 2. The van der Waals surface area contributed by atoms with Gasteiger partial charge in [0.2, 0.25) is 0 Å². The molecule has 6 atom stereocenters. The predicted octanol–water partition coefficient (Wildman–Crippen LogP) is 3.06. The molecule has 1 saturated carbocycles. The molecule has 1 spiro atoms. The lowest BCUT2D eigenvalue weighted by atomic mass is 9.48. The Labute approximate surface area is 219 Å². The number of esters is 2. The highest BCUT2D eigenvalue weighted by atomic mass is 16.6. The van der Waals surface area contributed by atoms with Crippen LogP contribution in [0.5, 0.6) is 5.75 Å². The van der Waals surface area contributed by atoms with E-state index in [1.54, 1.807) is 27.9 Å². The van der Waals surface area contributed by atoms with Gasteiger partial charge in [-0.2, -0.15) is 0 Å². The molecule has 4 aliphatic rings. The maximum Gasteiger partial charge on any atom is 0.311 e. The van der Waals surface area contributed by atoms with Crippen LogP contribution in [-0.2, 0) is 24.5 Å². The summed E-state index contributed by atoms with van der Waals surface area (Å²) in [6, 6.07) is 5.64. The zero-order valence-corrected chi connectivity index (χ0v) is 23.0. The van der Waals surface area contributed by atoms with Crippen molar-refractivity contribution >= 4 is 17.6 Å². The van der Waals surface area contributed by atoms with Crippen molar-refractivity contribution in [3.63, 3.8) is 0 Å². The number of anilines is 1. The van der Waals surface area contributed by atoms with Crippen molar-refractivity contribution in [2.45, 2.75) is 76.7 Å². The lowest BCUT2D eigenvalue weighted by molar-refractivity contribution is -0.233. The van der Waals surface area contributed by atoms with Gasteiger partial charge >= 0.3 is 11.9 Å². The van der Waals surface area contributed by atoms with Crippen LogP contribution in [0, 0.1) is 10.8 Å². The van der Waals surface area contributed by atoms with Crippen LogP contribution in [0.25, 0.3) is 0 Å². The van der Waals surface area contributed by atoms with Gasteiger partial charge < -0.3 is 24.2 Å². The van der Waals surface area contributed by atoms with Crippen molar-refractivity contribution in [3.8, 4) is 5.75 Å². The van der Waals surface area contributed by atoms with E-state index in [0.717, 1.165) is 36.5 Å². The fourth-order valence-electron chi connectivity index (χ4n) is 8.01. The second-order valence-electron chi connectivity index (χ2n) is 12.3. The number of benzene rings is 1. The van der Waals surface area contributed by atoms with Crippen LogP contribution in [0.1, 0.15) is 53.0 Å². The molecule has 0 amide bonds. The van der Waals surface area contributed by atoms with Gasteiger partial charge in [0.25, 0.3) is 0 Å². The summed E-state index contributed by atoms with van der Waals surface area (Å²) >= 11 is 0. The summed E-state index contributed by atoms with van der Waals surface area (Å²) in [5.74, 6) is -0.134. The molecule has 1 N–H and O–H groups in total. The van der Waals surface area contributed by atoms with E-state index >= 15 is 0 Å². The molecule has 2 fully saturated rings. The van der Waals surface area contributed by atoms with E-state index in [1.165, 1.54) is 6.92 Å². The third-order valence-corrected chi connectivity index (χ3v) is 9.26. The third-order valence-electron chi connectivity index (χ3n) is 9.26. The minimum Gasteiger partial charge on any atom is -0.497 e. The number of aliphatic hydroxyl groups is 1. The quantitative estimate of drug-likeness (QED) is 0.476. The molecule has 1 aromatic rings. The Morgan fingerprint density at radius 1 is 1.22 bits per heavy atom. The zero-order valence-electron chi connectivity index (χ0n) is 23.0. The highest BCUT2D eigenvalue weighted by molar-refractivity contribution is 5.76. The summed E-state index contributed by atoms with van der Waals surface area (Å²) in [7, 11) is 3.62. The maximum absolute atomic E-state index is 13.0. The number of methoxy groups -OCH3 is 1. The largest absolute Gasteiger partial charge is 0.497 e. The molecule has 3 aliphatic heterocycles. The molecule has 5 rings (SSSR count). The van der Waals surface area contributed by atoms with Gasteiger partial charge in [0.1, 0.15) is 18.5 Å². The highest BCUT2D eigenvalue weighted by Crippen LogP contribution is 2.67. The standard InChI is InChI=1S/C29H40N2O6/c1-8-27-12-9-14-31-15-13-28(22(27)31)20-11-10-19(35-7)16-21(20)30(6)23(28)29(34,24(27)37-18(2)32)17-36-25(33)26(3,4)5/h9-12,16,22-24,34H,8,13-15,17H2,1-7H3/t22?,23-,24-,27?,28-,29+/m1/s1. The lowest BCUT2D eigenvalue weighted by Crippen LogP contribution is -2.80. The van der Waals surface area contributed by atoms with E-state index in [1.807, 2.05) is 19.2 Å². The Morgan fingerprint density at radius 3 is 2.57 bits per heavy atom. The molecular formula is C29H40N2O6. The first kappa shape index (κ1) is 26.0. The molecule has 3 heterocycles. The molecule has 2 unspecified atom stereocenters. The smallest absolute Gasteiger partial charge is 0.311 e. The molecule has 202 valence electrons. The summed E-state index contributed by atoms with van der Waals surface area (Å²) in [4.78, 5) is 30.1. The second kappa shape index (κ2) is 8.46. The van der Waals surface area contributed by atoms with Gasteiger partial charge in [0, 0.05) is 49.1 Å². The number of hydrogen-bond donors (Lipinski definition) is 1. The zero-order chi connectivity index (χ0) is 27.0. The van der Waals surface area contributed by atoms with E-state index in [9.17, 15) is 14.7 Å². The van der Waals surface area contributed by atoms with E-state index in [4.69, 9.17) is 14.2 Å². The van der Waals surface area contributed by atoms with Crippen molar-refractivity contribution in [2.75, 3.05) is 38.8 Å². The maximum atomic E-state index is 13.0. The molecule has 8 heteroatoms. The Hall–Kier alpha value is -2.58. The fourth-order valence-corrected chi connectivity index (χ4v) is 8.01. The summed E-state index contributed by atoms with van der Waals surface area (Å²) in [6.07, 6.45) is 4.86. The Kier molecular flexibility index (Phi) is 5.96. The number of likely N-dealkylation sites (N-methyl/N-ethyl adjacent to an activating group) is 1. The van der Waals surface area contributed by atoms with Gasteiger partial charge in [0.05, 0.1) is 18.6 Å². The second-order valence-corrected chi connectivity index (χ2v) is 12.3. The molecule has 1 saturated heterocycles. The normalized spacial score (nSPS) is 36.0. The van der Waals surface area contributed by atoms with E-state index in [2.05, 4.69) is 34.9 Å². The summed E-state index contributed by atoms with van der Waals surface area (Å²) < 4.78 is 17.5. The van der Waals surface area contributed by atoms with Crippen molar-refractivity contribution in [1.29, 1.82) is 0 Å². The minimum absolute atomic E-state index is 0.0000348. The topological polar surface area (TPSA) is 88.5 Å². The van der Waals surface area contributed by atoms with E-state index < -0.39 is 45.9 Å². The number of carbonyl (C=O) groups is 2. The molecule has 0 aromatic heterocycles. The number of fused-ring (bicyclic) bond motifs is 1. The summed E-state index contributed by atoms with van der Waals surface area (Å²) in [5, 5.41) is 12.9. The van der Waals surface area contributed by atoms with Gasteiger partial charge in [0.15, 0.2) is 5.60 Å². The Balaban J connectivity index is 1.76. The Bertz CT molecular complexity index is 1140. The molecule has 1 aliphatic carbocycles. The van der Waals surface area contributed by atoms with E-state index in [-0.39, 0.29) is 12.6 Å². The van der Waals surface area contributed by atoms with Crippen LogP contribution in [-0.4, -0.2) is 79.6 Å². The average Bonchev–Trinajstić information content (AvgIpc) is 3.36. The molecular weight excluding hydrogens is 472 g/mol. The first-order valence-corrected chi connectivity index (χ1v) is 13.3. The van der Waals surface area contributed by atoms with Crippen molar-refractivity contribution < 1.29 is 28.9 Å². The lowest BCUT2D eigenvalue weighted by Gasteiger charge is -2.64. The molecule has 0 radical (unpaired) electrons. The van der Waals surface area contributed by atoms with Gasteiger partial charge in [-0.15, -0.1) is 0 Å². The molecule has 1 aromatic carbocycles. The van der Waals surface area contributed by atoms with E-state index in [0.29, 0.717) is 6.42 Å². The molecule has 8 nitrogen and oxygen atoms in total. The summed E-state index contributed by atoms with van der Waals surface area (Å²) in [5.41, 5.74) is -1.40. The molecule has 37 heavy (non-hydrogen) atoms. The third kappa shape index (κ3) is 3.41. The van der Waals surface area contributed by atoms with Crippen LogP contribution in [0.2, 0.25) is 0 Å². The monoisotopic (exact) mass is 512 g/mol. The molecule has 0 bridgehead atoms. The highest BCUT2D eigenvalue weighted by Gasteiger charge is 2.78. The average molecular weight is 513 g/mol. The number of hydrogen-bond acceptors (Lipinski definition) is 8. The van der Waals surface area contributed by atoms with Crippen LogP contribution in [0.4, 0.5) is 5.69 Å². The van der Waals surface area contributed by atoms with Crippen molar-refractivity contribution in [1.82, 2.24) is 4.90 Å². The van der Waals surface area contributed by atoms with Crippen molar-refractivity contribution in [2.24, 2.45) is 10.8 Å².